The minimum Gasteiger partial charge on any atom is -0.490 e. The van der Waals surface area contributed by atoms with Gasteiger partial charge in [0.2, 0.25) is 10.0 Å². The van der Waals surface area contributed by atoms with E-state index in [1.807, 2.05) is 0 Å². The molecular formula is C15H23NO4S. The van der Waals surface area contributed by atoms with Gasteiger partial charge in [-0.2, -0.15) is 0 Å². The number of benzene rings is 1. The van der Waals surface area contributed by atoms with E-state index in [2.05, 4.69) is 4.72 Å². The van der Waals surface area contributed by atoms with E-state index in [1.54, 1.807) is 26.0 Å². The first-order valence-corrected chi connectivity index (χ1v) is 8.72. The summed E-state index contributed by atoms with van der Waals surface area (Å²) in [5, 5.41) is 9.16. The summed E-state index contributed by atoms with van der Waals surface area (Å²) in [7, 11) is -3.64. The van der Waals surface area contributed by atoms with Crippen LogP contribution in [0.3, 0.4) is 0 Å². The molecule has 2 rings (SSSR count). The van der Waals surface area contributed by atoms with Crippen molar-refractivity contribution < 1.29 is 18.3 Å². The van der Waals surface area contributed by atoms with Gasteiger partial charge in [-0.05, 0) is 63.8 Å². The Bertz CT molecular complexity index is 560. The van der Waals surface area contributed by atoms with E-state index < -0.39 is 15.6 Å². The topological polar surface area (TPSA) is 75.6 Å². The number of sulfonamides is 1. The third-order valence-electron chi connectivity index (χ3n) is 3.54. The SMILES string of the molecule is CC(C)(CO)NS(=O)(=O)c1ccc(OC2CCCC2)cc1. The maximum Gasteiger partial charge on any atom is 0.241 e. The first-order valence-electron chi connectivity index (χ1n) is 7.24. The molecule has 0 spiro atoms. The summed E-state index contributed by atoms with van der Waals surface area (Å²) >= 11 is 0. The summed E-state index contributed by atoms with van der Waals surface area (Å²) in [6, 6.07) is 6.41. The third-order valence-corrected chi connectivity index (χ3v) is 5.26. The van der Waals surface area contributed by atoms with Crippen molar-refractivity contribution in [1.29, 1.82) is 0 Å². The minimum atomic E-state index is -3.64. The van der Waals surface area contributed by atoms with Crippen LogP contribution in [-0.4, -0.2) is 31.8 Å². The molecule has 0 saturated heterocycles. The Morgan fingerprint density at radius 2 is 1.81 bits per heavy atom. The molecule has 1 aromatic carbocycles. The second kappa shape index (κ2) is 6.34. The van der Waals surface area contributed by atoms with Crippen molar-refractivity contribution in [3.8, 4) is 5.75 Å². The molecule has 21 heavy (non-hydrogen) atoms. The van der Waals surface area contributed by atoms with Crippen molar-refractivity contribution >= 4 is 10.0 Å². The van der Waals surface area contributed by atoms with Gasteiger partial charge in [-0.15, -0.1) is 0 Å². The molecule has 1 aliphatic rings. The highest BCUT2D eigenvalue weighted by Gasteiger charge is 2.25. The van der Waals surface area contributed by atoms with Crippen LogP contribution in [0.15, 0.2) is 29.2 Å². The van der Waals surface area contributed by atoms with Gasteiger partial charge in [0.1, 0.15) is 5.75 Å². The van der Waals surface area contributed by atoms with E-state index in [0.717, 1.165) is 12.8 Å². The Labute approximate surface area is 126 Å². The molecule has 1 fully saturated rings. The number of hydrogen-bond donors (Lipinski definition) is 2. The maximum atomic E-state index is 12.2. The molecule has 118 valence electrons. The maximum absolute atomic E-state index is 12.2. The number of ether oxygens (including phenoxy) is 1. The van der Waals surface area contributed by atoms with Crippen LogP contribution in [0, 0.1) is 0 Å². The van der Waals surface area contributed by atoms with Crippen LogP contribution in [0.5, 0.6) is 5.75 Å². The van der Waals surface area contributed by atoms with Crippen LogP contribution in [-0.2, 0) is 10.0 Å². The molecule has 1 aromatic rings. The molecule has 1 aliphatic carbocycles. The standard InChI is InChI=1S/C15H23NO4S/c1-15(2,11-17)16-21(18,19)14-9-7-13(8-10-14)20-12-5-3-4-6-12/h7-10,12,16-17H,3-6,11H2,1-2H3. The van der Waals surface area contributed by atoms with Crippen LogP contribution in [0.25, 0.3) is 0 Å². The van der Waals surface area contributed by atoms with Gasteiger partial charge in [0.25, 0.3) is 0 Å². The fraction of sp³-hybridized carbons (Fsp3) is 0.600. The summed E-state index contributed by atoms with van der Waals surface area (Å²) in [6.07, 6.45) is 4.76. The first-order chi connectivity index (χ1) is 9.82. The monoisotopic (exact) mass is 313 g/mol. The molecule has 6 heteroatoms. The lowest BCUT2D eigenvalue weighted by Crippen LogP contribution is -2.46. The van der Waals surface area contributed by atoms with Crippen molar-refractivity contribution in [2.75, 3.05) is 6.61 Å². The molecule has 0 atom stereocenters. The van der Waals surface area contributed by atoms with Gasteiger partial charge in [0.05, 0.1) is 23.1 Å². The summed E-state index contributed by atoms with van der Waals surface area (Å²) in [6.45, 7) is 2.99. The Morgan fingerprint density at radius 1 is 1.24 bits per heavy atom. The van der Waals surface area contributed by atoms with Crippen molar-refractivity contribution in [1.82, 2.24) is 4.72 Å². The van der Waals surface area contributed by atoms with Gasteiger partial charge in [-0.3, -0.25) is 0 Å². The zero-order valence-corrected chi connectivity index (χ0v) is 13.3. The van der Waals surface area contributed by atoms with Crippen molar-refractivity contribution in [2.24, 2.45) is 0 Å². The van der Waals surface area contributed by atoms with Gasteiger partial charge >= 0.3 is 0 Å². The van der Waals surface area contributed by atoms with E-state index in [-0.39, 0.29) is 17.6 Å². The largest absolute Gasteiger partial charge is 0.490 e. The van der Waals surface area contributed by atoms with E-state index in [0.29, 0.717) is 5.75 Å². The van der Waals surface area contributed by atoms with E-state index in [1.165, 1.54) is 25.0 Å². The Balaban J connectivity index is 2.07. The van der Waals surface area contributed by atoms with Crippen LogP contribution in [0.1, 0.15) is 39.5 Å². The van der Waals surface area contributed by atoms with Crippen molar-refractivity contribution in [3.05, 3.63) is 24.3 Å². The number of rotatable bonds is 6. The molecule has 0 amide bonds. The highest BCUT2D eigenvalue weighted by atomic mass is 32.2. The quantitative estimate of drug-likeness (QED) is 0.843. The van der Waals surface area contributed by atoms with E-state index in [9.17, 15) is 8.42 Å². The number of aliphatic hydroxyl groups is 1. The summed E-state index contributed by atoms with van der Waals surface area (Å²) < 4.78 is 32.7. The third kappa shape index (κ3) is 4.43. The van der Waals surface area contributed by atoms with Crippen LogP contribution in [0.2, 0.25) is 0 Å². The predicted octanol–water partition coefficient (Wildman–Crippen LogP) is 2.06. The van der Waals surface area contributed by atoms with Gasteiger partial charge in [-0.1, -0.05) is 0 Å². The highest BCUT2D eigenvalue weighted by Crippen LogP contribution is 2.25. The number of hydrogen-bond acceptors (Lipinski definition) is 4. The smallest absolute Gasteiger partial charge is 0.241 e. The Hall–Kier alpha value is -1.11. The Kier molecular flexibility index (Phi) is 4.91. The van der Waals surface area contributed by atoms with Crippen molar-refractivity contribution in [3.63, 3.8) is 0 Å². The average Bonchev–Trinajstić information content (AvgIpc) is 2.91. The zero-order chi connectivity index (χ0) is 15.5. The normalized spacial score (nSPS) is 17.1. The molecule has 5 nitrogen and oxygen atoms in total. The molecule has 0 radical (unpaired) electrons. The van der Waals surface area contributed by atoms with Crippen LogP contribution in [0.4, 0.5) is 0 Å². The predicted molar refractivity (Wildman–Crippen MR) is 80.8 cm³/mol. The van der Waals surface area contributed by atoms with E-state index >= 15 is 0 Å². The van der Waals surface area contributed by atoms with Gasteiger partial charge in [-0.25, -0.2) is 13.1 Å². The number of aliphatic hydroxyl groups excluding tert-OH is 1. The minimum absolute atomic E-state index is 0.169. The first kappa shape index (κ1) is 16.3. The second-order valence-electron chi connectivity index (χ2n) is 6.14. The van der Waals surface area contributed by atoms with Gasteiger partial charge in [0, 0.05) is 0 Å². The summed E-state index contributed by atoms with van der Waals surface area (Å²) in [5.74, 6) is 0.697. The van der Waals surface area contributed by atoms with E-state index in [4.69, 9.17) is 9.84 Å². The lowest BCUT2D eigenvalue weighted by Gasteiger charge is -2.23. The molecule has 0 unspecified atom stereocenters. The average molecular weight is 313 g/mol. The molecule has 0 heterocycles. The Morgan fingerprint density at radius 3 is 2.33 bits per heavy atom. The molecule has 2 N–H and O–H groups in total. The van der Waals surface area contributed by atoms with Gasteiger partial charge in [0.15, 0.2) is 0 Å². The lowest BCUT2D eigenvalue weighted by molar-refractivity contribution is 0.208. The molecular weight excluding hydrogens is 290 g/mol. The zero-order valence-electron chi connectivity index (χ0n) is 12.5. The number of nitrogens with one attached hydrogen (secondary N) is 1. The summed E-state index contributed by atoms with van der Waals surface area (Å²) in [4.78, 5) is 0.169. The van der Waals surface area contributed by atoms with Crippen LogP contribution >= 0.6 is 0 Å². The second-order valence-corrected chi connectivity index (χ2v) is 7.83. The summed E-state index contributed by atoms with van der Waals surface area (Å²) in [5.41, 5.74) is -0.891. The molecule has 0 aromatic heterocycles. The highest BCUT2D eigenvalue weighted by molar-refractivity contribution is 7.89. The van der Waals surface area contributed by atoms with Gasteiger partial charge < -0.3 is 9.84 Å². The fourth-order valence-electron chi connectivity index (χ4n) is 2.35. The molecule has 1 saturated carbocycles. The fourth-order valence-corrected chi connectivity index (χ4v) is 3.76. The lowest BCUT2D eigenvalue weighted by atomic mass is 10.1. The molecule has 0 aliphatic heterocycles. The van der Waals surface area contributed by atoms with Crippen LogP contribution < -0.4 is 9.46 Å². The van der Waals surface area contributed by atoms with Crippen molar-refractivity contribution in [2.45, 2.75) is 56.1 Å². The molecule has 0 bridgehead atoms.